The number of hydrogen-bond acceptors (Lipinski definition) is 5. The smallest absolute Gasteiger partial charge is 0.343 e. The second kappa shape index (κ2) is 10.9. The number of carbonyl (C=O) groups is 3. The van der Waals surface area contributed by atoms with Gasteiger partial charge in [0.1, 0.15) is 16.5 Å². The molecule has 0 saturated heterocycles. The van der Waals surface area contributed by atoms with Crippen molar-refractivity contribution in [2.75, 3.05) is 10.2 Å². The molecule has 0 bridgehead atoms. The molecule has 0 fully saturated rings. The summed E-state index contributed by atoms with van der Waals surface area (Å²) in [6.45, 7) is 12.6. The minimum absolute atomic E-state index is 0.0492. The highest BCUT2D eigenvalue weighted by atomic mass is 35.5. The lowest BCUT2D eigenvalue weighted by molar-refractivity contribution is -0.120. The van der Waals surface area contributed by atoms with Gasteiger partial charge in [-0.1, -0.05) is 88.5 Å². The van der Waals surface area contributed by atoms with Gasteiger partial charge in [0, 0.05) is 16.3 Å². The Morgan fingerprint density at radius 1 is 0.800 bits per heavy atom. The van der Waals surface area contributed by atoms with Crippen LogP contribution in [0.5, 0.6) is 5.75 Å². The number of rotatable bonds is 5. The Morgan fingerprint density at radius 2 is 1.45 bits per heavy atom. The first-order valence-corrected chi connectivity index (χ1v) is 13.7. The Hall–Kier alpha value is -3.32. The molecule has 1 aliphatic rings. The number of halogens is 3. The topological polar surface area (TPSA) is 75.7 Å². The summed E-state index contributed by atoms with van der Waals surface area (Å²) in [7, 11) is 0. The maximum absolute atomic E-state index is 13.1. The summed E-state index contributed by atoms with van der Waals surface area (Å²) >= 11 is 18.5. The molecule has 0 aromatic heterocycles. The Kier molecular flexibility index (Phi) is 8.10. The van der Waals surface area contributed by atoms with E-state index in [-0.39, 0.29) is 32.3 Å². The number of hydrogen-bond donors (Lipinski definition) is 1. The van der Waals surface area contributed by atoms with Crippen molar-refractivity contribution in [3.05, 3.63) is 98.1 Å². The van der Waals surface area contributed by atoms with Crippen LogP contribution in [0.3, 0.4) is 0 Å². The summed E-state index contributed by atoms with van der Waals surface area (Å²) in [5.41, 5.74) is 2.55. The Morgan fingerprint density at radius 3 is 2.05 bits per heavy atom. The monoisotopic (exact) mass is 598 g/mol. The molecule has 0 aliphatic carbocycles. The molecule has 3 aromatic rings. The first kappa shape index (κ1) is 29.7. The molecule has 0 atom stereocenters. The molecule has 2 amide bonds. The number of carbonyl (C=O) groups excluding carboxylic acids is 3. The number of amides is 2. The predicted octanol–water partition coefficient (Wildman–Crippen LogP) is 8.24. The molecule has 1 aliphatic heterocycles. The lowest BCUT2D eigenvalue weighted by Gasteiger charge is -2.26. The van der Waals surface area contributed by atoms with Crippen molar-refractivity contribution >= 4 is 64.0 Å². The van der Waals surface area contributed by atoms with Gasteiger partial charge in [-0.15, -0.1) is 0 Å². The zero-order chi connectivity index (χ0) is 29.6. The van der Waals surface area contributed by atoms with Crippen molar-refractivity contribution < 1.29 is 19.1 Å². The predicted molar refractivity (Wildman–Crippen MR) is 161 cm³/mol. The Bertz CT molecular complexity index is 1550. The van der Waals surface area contributed by atoms with Gasteiger partial charge in [-0.3, -0.25) is 9.59 Å². The van der Waals surface area contributed by atoms with Crippen LogP contribution in [0.25, 0.3) is 0 Å². The summed E-state index contributed by atoms with van der Waals surface area (Å²) in [4.78, 5) is 39.8. The lowest BCUT2D eigenvalue weighted by Crippen LogP contribution is -2.32. The third-order valence-corrected chi connectivity index (χ3v) is 7.33. The van der Waals surface area contributed by atoms with Crippen LogP contribution in [0.2, 0.25) is 10.0 Å². The van der Waals surface area contributed by atoms with Crippen molar-refractivity contribution in [3.8, 4) is 5.75 Å². The van der Waals surface area contributed by atoms with Gasteiger partial charge < -0.3 is 10.1 Å². The fourth-order valence-corrected chi connectivity index (χ4v) is 4.73. The van der Waals surface area contributed by atoms with Crippen LogP contribution in [0.1, 0.15) is 63.0 Å². The fourth-order valence-electron chi connectivity index (χ4n) is 4.15. The number of ether oxygens (including phenoxy) is 1. The largest absolute Gasteiger partial charge is 0.423 e. The highest BCUT2D eigenvalue weighted by Gasteiger charge is 2.40. The molecule has 1 heterocycles. The minimum atomic E-state index is -0.731. The van der Waals surface area contributed by atoms with E-state index in [1.165, 1.54) is 12.1 Å². The molecule has 6 nitrogen and oxygen atoms in total. The number of anilines is 2. The molecule has 9 heteroatoms. The number of benzene rings is 3. The van der Waals surface area contributed by atoms with Gasteiger partial charge in [-0.05, 0) is 64.9 Å². The first-order chi connectivity index (χ1) is 18.6. The number of imide groups is 1. The molecule has 208 valence electrons. The van der Waals surface area contributed by atoms with Crippen LogP contribution >= 0.6 is 34.8 Å². The molecule has 0 spiro atoms. The molecule has 1 N–H and O–H groups in total. The molecule has 0 saturated carbocycles. The van der Waals surface area contributed by atoms with E-state index in [0.29, 0.717) is 22.0 Å². The van der Waals surface area contributed by atoms with Crippen molar-refractivity contribution in [1.29, 1.82) is 0 Å². The van der Waals surface area contributed by atoms with E-state index in [1.54, 1.807) is 30.3 Å². The van der Waals surface area contributed by atoms with Gasteiger partial charge in [0.05, 0.1) is 16.3 Å². The van der Waals surface area contributed by atoms with Crippen LogP contribution in [-0.4, -0.2) is 17.8 Å². The highest BCUT2D eigenvalue weighted by Crippen LogP contribution is 2.37. The number of nitrogens with zero attached hydrogens (tertiary/aromatic N) is 1. The summed E-state index contributed by atoms with van der Waals surface area (Å²) in [5.74, 6) is -1.44. The molecule has 3 aromatic carbocycles. The van der Waals surface area contributed by atoms with E-state index in [1.807, 2.05) is 12.1 Å². The number of nitrogens with one attached hydrogen (secondary N) is 1. The molecular weight excluding hydrogens is 571 g/mol. The Balaban J connectivity index is 1.53. The molecule has 0 unspecified atom stereocenters. The van der Waals surface area contributed by atoms with E-state index in [0.717, 1.165) is 16.0 Å². The van der Waals surface area contributed by atoms with Crippen molar-refractivity contribution in [2.24, 2.45) is 0 Å². The minimum Gasteiger partial charge on any atom is -0.423 e. The second-order valence-corrected chi connectivity index (χ2v) is 12.8. The van der Waals surface area contributed by atoms with Crippen molar-refractivity contribution in [1.82, 2.24) is 0 Å². The molecule has 40 heavy (non-hydrogen) atoms. The van der Waals surface area contributed by atoms with Crippen LogP contribution in [0.4, 0.5) is 11.4 Å². The quantitative estimate of drug-likeness (QED) is 0.182. The van der Waals surface area contributed by atoms with E-state index >= 15 is 0 Å². The van der Waals surface area contributed by atoms with Crippen LogP contribution < -0.4 is 15.0 Å². The SMILES string of the molecule is CC(C)(C)c1ccc(OC(=O)c2ccc(NC3=C(Cl)C(=O)N(c4cc(Cl)ccc4Cl)C3=O)cc2)c(C(C)(C)C)c1. The van der Waals surface area contributed by atoms with Gasteiger partial charge in [-0.25, -0.2) is 9.69 Å². The highest BCUT2D eigenvalue weighted by molar-refractivity contribution is 6.54. The zero-order valence-corrected chi connectivity index (χ0v) is 25.3. The van der Waals surface area contributed by atoms with E-state index in [2.05, 4.69) is 52.9 Å². The van der Waals surface area contributed by atoms with E-state index in [9.17, 15) is 14.4 Å². The van der Waals surface area contributed by atoms with Crippen LogP contribution in [0.15, 0.2) is 71.4 Å². The summed E-state index contributed by atoms with van der Waals surface area (Å²) < 4.78 is 5.81. The third kappa shape index (κ3) is 6.04. The van der Waals surface area contributed by atoms with Gasteiger partial charge in [-0.2, -0.15) is 0 Å². The third-order valence-electron chi connectivity index (χ3n) is 6.42. The normalized spacial score (nSPS) is 14.2. The van der Waals surface area contributed by atoms with Crippen LogP contribution in [-0.2, 0) is 20.4 Å². The average molecular weight is 600 g/mol. The summed E-state index contributed by atoms with van der Waals surface area (Å²) in [6.07, 6.45) is 0. The van der Waals surface area contributed by atoms with E-state index in [4.69, 9.17) is 39.5 Å². The van der Waals surface area contributed by atoms with E-state index < -0.39 is 17.8 Å². The van der Waals surface area contributed by atoms with Crippen molar-refractivity contribution in [2.45, 2.75) is 52.4 Å². The standard InChI is InChI=1S/C31H29Cl3N2O4/c1-30(2,3)18-9-14-24(21(15-18)31(4,5)6)40-29(39)17-7-11-20(12-8-17)35-26-25(34)27(37)36(28(26)38)23-16-19(32)10-13-22(23)33/h7-16,35H,1-6H3. The van der Waals surface area contributed by atoms with Gasteiger partial charge in [0.2, 0.25) is 0 Å². The second-order valence-electron chi connectivity index (χ2n) is 11.5. The molecular formula is C31H29Cl3N2O4. The number of esters is 1. The van der Waals surface area contributed by atoms with Gasteiger partial charge >= 0.3 is 5.97 Å². The molecule has 4 rings (SSSR count). The van der Waals surface area contributed by atoms with Gasteiger partial charge in [0.15, 0.2) is 0 Å². The lowest BCUT2D eigenvalue weighted by atomic mass is 9.80. The summed E-state index contributed by atoms with van der Waals surface area (Å²) in [6, 6.07) is 16.7. The first-order valence-electron chi connectivity index (χ1n) is 12.6. The average Bonchev–Trinajstić information content (AvgIpc) is 3.07. The fraction of sp³-hybridized carbons (Fsp3) is 0.258. The van der Waals surface area contributed by atoms with Crippen molar-refractivity contribution in [3.63, 3.8) is 0 Å². The maximum atomic E-state index is 13.1. The summed E-state index contributed by atoms with van der Waals surface area (Å²) in [5, 5.41) is 3.06. The van der Waals surface area contributed by atoms with Gasteiger partial charge in [0.25, 0.3) is 11.8 Å². The molecule has 0 radical (unpaired) electrons. The zero-order valence-electron chi connectivity index (χ0n) is 23.0. The Labute approximate surface area is 248 Å². The van der Waals surface area contributed by atoms with Crippen LogP contribution in [0, 0.1) is 0 Å². The maximum Gasteiger partial charge on any atom is 0.343 e.